The van der Waals surface area contributed by atoms with Crippen LogP contribution in [0.25, 0.3) is 0 Å². The molecular formula is C12H13NO6. The third-order valence-corrected chi connectivity index (χ3v) is 2.40. The highest BCUT2D eigenvalue weighted by Crippen LogP contribution is 2.24. The number of rotatable bonds is 6. The van der Waals surface area contributed by atoms with Crippen molar-refractivity contribution in [2.45, 2.75) is 19.3 Å². The van der Waals surface area contributed by atoms with Crippen LogP contribution in [0, 0.1) is 0 Å². The smallest absolute Gasteiger partial charge is 0.309 e. The Balaban J connectivity index is 3.19. The van der Waals surface area contributed by atoms with Gasteiger partial charge < -0.3 is 20.6 Å². The van der Waals surface area contributed by atoms with E-state index in [-0.39, 0.29) is 23.3 Å². The molecule has 0 spiro atoms. The van der Waals surface area contributed by atoms with Crippen LogP contribution in [0.3, 0.4) is 0 Å². The van der Waals surface area contributed by atoms with Crippen molar-refractivity contribution in [2.75, 3.05) is 0 Å². The summed E-state index contributed by atoms with van der Waals surface area (Å²) in [5, 5.41) is 29.1. The Morgan fingerprint density at radius 1 is 0.947 bits per heavy atom. The molecule has 0 atom stereocenters. The first-order valence-electron chi connectivity index (χ1n) is 5.40. The molecule has 0 saturated heterocycles. The summed E-state index contributed by atoms with van der Waals surface area (Å²) in [6.45, 7) is 0. The number of nitrogens with one attached hydrogen (secondary N) is 1. The van der Waals surface area contributed by atoms with E-state index in [0.29, 0.717) is 0 Å². The molecule has 0 aromatic carbocycles. The van der Waals surface area contributed by atoms with Crippen LogP contribution in [0.2, 0.25) is 0 Å². The van der Waals surface area contributed by atoms with Crippen molar-refractivity contribution >= 4 is 17.9 Å². The first kappa shape index (κ1) is 14.5. The lowest BCUT2D eigenvalue weighted by Crippen LogP contribution is -2.15. The van der Waals surface area contributed by atoms with Crippen molar-refractivity contribution in [1.29, 1.82) is 0 Å². The summed E-state index contributed by atoms with van der Waals surface area (Å²) < 4.78 is 0. The fraction of sp³-hybridized carbons (Fsp3) is 0.250. The molecule has 0 bridgehead atoms. The molecule has 0 amide bonds. The highest BCUT2D eigenvalue weighted by Gasteiger charge is 2.19. The molecule has 1 aliphatic heterocycles. The maximum Gasteiger partial charge on any atom is 0.309 e. The monoisotopic (exact) mass is 267 g/mol. The molecule has 1 rings (SSSR count). The molecule has 1 aliphatic rings. The van der Waals surface area contributed by atoms with E-state index < -0.39 is 30.7 Å². The Morgan fingerprint density at radius 2 is 1.53 bits per heavy atom. The van der Waals surface area contributed by atoms with E-state index in [1.165, 1.54) is 18.4 Å². The number of carbonyl (C=O) groups is 3. The first-order chi connectivity index (χ1) is 8.90. The third-order valence-electron chi connectivity index (χ3n) is 2.40. The summed E-state index contributed by atoms with van der Waals surface area (Å²) in [5.74, 6) is -3.40. The molecule has 0 fully saturated rings. The zero-order valence-electron chi connectivity index (χ0n) is 9.92. The maximum absolute atomic E-state index is 10.8. The molecule has 0 saturated carbocycles. The van der Waals surface area contributed by atoms with Crippen LogP contribution in [-0.2, 0) is 14.4 Å². The summed E-state index contributed by atoms with van der Waals surface area (Å²) in [5.41, 5.74) is 0.672. The summed E-state index contributed by atoms with van der Waals surface area (Å²) in [4.78, 5) is 32.4. The number of carboxylic acids is 3. The predicted molar refractivity (Wildman–Crippen MR) is 64.1 cm³/mol. The van der Waals surface area contributed by atoms with Gasteiger partial charge in [0, 0.05) is 11.9 Å². The first-order valence-corrected chi connectivity index (χ1v) is 5.40. The van der Waals surface area contributed by atoms with Crippen LogP contribution in [0.4, 0.5) is 0 Å². The van der Waals surface area contributed by atoms with Crippen molar-refractivity contribution in [2.24, 2.45) is 0 Å². The standard InChI is InChI=1S/C12H13NO6/c14-10(15)4-7-2-1-3-13-9(6-12(18)19)8(7)5-11(16)17/h1-3,13H,4-6H2,(H,14,15)(H,16,17)(H,18,19). The van der Waals surface area contributed by atoms with E-state index >= 15 is 0 Å². The number of hydrogen-bond acceptors (Lipinski definition) is 4. The number of hydrogen-bond donors (Lipinski definition) is 4. The van der Waals surface area contributed by atoms with E-state index in [9.17, 15) is 14.4 Å². The second kappa shape index (κ2) is 6.39. The maximum atomic E-state index is 10.8. The van der Waals surface area contributed by atoms with Gasteiger partial charge in [-0.3, -0.25) is 14.4 Å². The van der Waals surface area contributed by atoms with Gasteiger partial charge in [0.1, 0.15) is 0 Å². The second-order valence-corrected chi connectivity index (χ2v) is 3.86. The Kier molecular flexibility index (Phi) is 4.87. The molecule has 102 valence electrons. The molecule has 7 nitrogen and oxygen atoms in total. The Bertz CT molecular complexity index is 500. The topological polar surface area (TPSA) is 124 Å². The average molecular weight is 267 g/mol. The van der Waals surface area contributed by atoms with Crippen molar-refractivity contribution in [3.63, 3.8) is 0 Å². The fourth-order valence-electron chi connectivity index (χ4n) is 1.70. The average Bonchev–Trinajstić information content (AvgIpc) is 2.42. The SMILES string of the molecule is O=C(O)CC1=CC=CNC(CC(=O)O)=C1CC(=O)O. The lowest BCUT2D eigenvalue weighted by atomic mass is 9.96. The molecule has 0 radical (unpaired) electrons. The van der Waals surface area contributed by atoms with Crippen molar-refractivity contribution < 1.29 is 29.7 Å². The summed E-state index contributed by atoms with van der Waals surface area (Å²) in [6.07, 6.45) is 3.22. The van der Waals surface area contributed by atoms with E-state index in [0.717, 1.165) is 0 Å². The molecule has 19 heavy (non-hydrogen) atoms. The highest BCUT2D eigenvalue weighted by molar-refractivity contribution is 5.78. The Labute approximate surface area is 108 Å². The fourth-order valence-corrected chi connectivity index (χ4v) is 1.70. The zero-order valence-corrected chi connectivity index (χ0v) is 9.92. The van der Waals surface area contributed by atoms with Crippen LogP contribution in [-0.4, -0.2) is 33.2 Å². The van der Waals surface area contributed by atoms with Gasteiger partial charge in [-0.1, -0.05) is 6.08 Å². The molecule has 0 aliphatic carbocycles. The van der Waals surface area contributed by atoms with Gasteiger partial charge in [0.25, 0.3) is 0 Å². The van der Waals surface area contributed by atoms with E-state index in [4.69, 9.17) is 15.3 Å². The Hall–Kier alpha value is -2.57. The van der Waals surface area contributed by atoms with Crippen LogP contribution in [0.1, 0.15) is 19.3 Å². The third kappa shape index (κ3) is 4.66. The van der Waals surface area contributed by atoms with Gasteiger partial charge in [-0.2, -0.15) is 0 Å². The van der Waals surface area contributed by atoms with Crippen molar-refractivity contribution in [1.82, 2.24) is 5.32 Å². The molecule has 7 heteroatoms. The zero-order chi connectivity index (χ0) is 14.4. The van der Waals surface area contributed by atoms with Gasteiger partial charge in [-0.25, -0.2) is 0 Å². The van der Waals surface area contributed by atoms with Gasteiger partial charge in [0.2, 0.25) is 0 Å². The molecule has 0 aromatic heterocycles. The van der Waals surface area contributed by atoms with Crippen molar-refractivity contribution in [3.8, 4) is 0 Å². The lowest BCUT2D eigenvalue weighted by molar-refractivity contribution is -0.138. The molecular weight excluding hydrogens is 254 g/mol. The summed E-state index contributed by atoms with van der Waals surface area (Å²) in [7, 11) is 0. The lowest BCUT2D eigenvalue weighted by Gasteiger charge is -2.13. The number of aliphatic carboxylic acids is 3. The molecule has 1 heterocycles. The van der Waals surface area contributed by atoms with Crippen LogP contribution in [0.5, 0.6) is 0 Å². The van der Waals surface area contributed by atoms with Crippen LogP contribution < -0.4 is 5.32 Å². The summed E-state index contributed by atoms with van der Waals surface area (Å²) in [6, 6.07) is 0. The van der Waals surface area contributed by atoms with Gasteiger partial charge in [0.15, 0.2) is 0 Å². The molecule has 0 unspecified atom stereocenters. The molecule has 0 aromatic rings. The van der Waals surface area contributed by atoms with E-state index in [1.807, 2.05) is 0 Å². The van der Waals surface area contributed by atoms with Crippen LogP contribution in [0.15, 0.2) is 35.2 Å². The highest BCUT2D eigenvalue weighted by atomic mass is 16.4. The van der Waals surface area contributed by atoms with E-state index in [1.54, 1.807) is 0 Å². The minimum absolute atomic E-state index is 0.191. The summed E-state index contributed by atoms with van der Waals surface area (Å²) >= 11 is 0. The van der Waals surface area contributed by atoms with Gasteiger partial charge in [-0.05, 0) is 17.2 Å². The van der Waals surface area contributed by atoms with Gasteiger partial charge in [0.05, 0.1) is 19.3 Å². The number of allylic oxidation sites excluding steroid dienone is 2. The minimum Gasteiger partial charge on any atom is -0.481 e. The Morgan fingerprint density at radius 3 is 2.05 bits per heavy atom. The second-order valence-electron chi connectivity index (χ2n) is 3.86. The minimum atomic E-state index is -1.15. The van der Waals surface area contributed by atoms with Crippen molar-refractivity contribution in [3.05, 3.63) is 35.2 Å². The molecule has 4 N–H and O–H groups in total. The van der Waals surface area contributed by atoms with Gasteiger partial charge in [-0.15, -0.1) is 0 Å². The van der Waals surface area contributed by atoms with E-state index in [2.05, 4.69) is 5.32 Å². The predicted octanol–water partition coefficient (Wildman–Crippen LogP) is 0.708. The number of carboxylic acid groups (broad SMARTS) is 3. The normalized spacial score (nSPS) is 14.4. The quantitative estimate of drug-likeness (QED) is 0.558. The largest absolute Gasteiger partial charge is 0.481 e. The van der Waals surface area contributed by atoms with Gasteiger partial charge >= 0.3 is 17.9 Å². The van der Waals surface area contributed by atoms with Crippen LogP contribution >= 0.6 is 0 Å².